The molecule has 2 aromatic heterocycles. The first-order valence-corrected chi connectivity index (χ1v) is 7.65. The molecule has 100 valence electrons. The molecule has 0 aromatic carbocycles. The molecule has 1 aliphatic rings. The molecule has 1 N–H and O–H groups in total. The van der Waals surface area contributed by atoms with E-state index in [1.807, 2.05) is 0 Å². The molecule has 2 aromatic rings. The molecule has 2 atom stereocenters. The summed E-state index contributed by atoms with van der Waals surface area (Å²) in [4.78, 5) is 20.5. The minimum atomic E-state index is -1.25. The predicted molar refractivity (Wildman–Crippen MR) is 72.7 cm³/mol. The van der Waals surface area contributed by atoms with Crippen LogP contribution in [0.25, 0.3) is 11.0 Å². The maximum Gasteiger partial charge on any atom is 0.252 e. The van der Waals surface area contributed by atoms with E-state index in [1.54, 1.807) is 16.8 Å². The van der Waals surface area contributed by atoms with Crippen molar-refractivity contribution in [2.45, 2.75) is 17.6 Å². The maximum atomic E-state index is 12.1. The smallest absolute Gasteiger partial charge is 0.252 e. The third-order valence-corrected chi connectivity index (χ3v) is 4.01. The standard InChI is InChI=1S/C12H14N4O2S/c1-19(18)12-14-6-8-2-3-10(17)16(11(8)15-12)9-4-5-13-7-9/h2-3,6,9,13H,4-5,7H2,1H3/t9-,19?/m1/s1. The molecule has 0 amide bonds. The van der Waals surface area contributed by atoms with E-state index >= 15 is 0 Å². The summed E-state index contributed by atoms with van der Waals surface area (Å²) in [6.07, 6.45) is 4.05. The highest BCUT2D eigenvalue weighted by Crippen LogP contribution is 2.18. The normalized spacial score (nSPS) is 20.8. The molecule has 6 nitrogen and oxygen atoms in total. The molecule has 0 spiro atoms. The van der Waals surface area contributed by atoms with E-state index in [9.17, 15) is 9.00 Å². The lowest BCUT2D eigenvalue weighted by atomic mass is 10.2. The zero-order chi connectivity index (χ0) is 13.4. The molecule has 3 heterocycles. The van der Waals surface area contributed by atoms with Gasteiger partial charge >= 0.3 is 0 Å². The number of rotatable bonds is 2. The van der Waals surface area contributed by atoms with Gasteiger partial charge in [0.25, 0.3) is 5.56 Å². The van der Waals surface area contributed by atoms with Crippen LogP contribution in [0.4, 0.5) is 0 Å². The highest BCUT2D eigenvalue weighted by atomic mass is 32.2. The average Bonchev–Trinajstić information content (AvgIpc) is 2.91. The fourth-order valence-corrected chi connectivity index (χ4v) is 2.79. The van der Waals surface area contributed by atoms with Crippen molar-refractivity contribution in [3.05, 3.63) is 28.7 Å². The Morgan fingerprint density at radius 2 is 2.32 bits per heavy atom. The molecule has 1 aliphatic heterocycles. The van der Waals surface area contributed by atoms with E-state index < -0.39 is 10.8 Å². The van der Waals surface area contributed by atoms with Crippen molar-refractivity contribution in [1.82, 2.24) is 19.9 Å². The van der Waals surface area contributed by atoms with Crippen molar-refractivity contribution in [2.75, 3.05) is 19.3 Å². The number of aromatic nitrogens is 3. The summed E-state index contributed by atoms with van der Waals surface area (Å²) in [6.45, 7) is 1.65. The van der Waals surface area contributed by atoms with Gasteiger partial charge in [0.15, 0.2) is 0 Å². The lowest BCUT2D eigenvalue weighted by Gasteiger charge is -2.15. The summed E-state index contributed by atoms with van der Waals surface area (Å²) in [5.74, 6) is 0. The first-order valence-electron chi connectivity index (χ1n) is 6.09. The van der Waals surface area contributed by atoms with Gasteiger partial charge in [-0.3, -0.25) is 13.6 Å². The van der Waals surface area contributed by atoms with Gasteiger partial charge in [0.1, 0.15) is 5.65 Å². The fraction of sp³-hybridized carbons (Fsp3) is 0.417. The van der Waals surface area contributed by atoms with Crippen molar-refractivity contribution in [1.29, 1.82) is 0 Å². The highest BCUT2D eigenvalue weighted by molar-refractivity contribution is 7.84. The minimum Gasteiger partial charge on any atom is -0.315 e. The number of hydrogen-bond donors (Lipinski definition) is 1. The molecule has 19 heavy (non-hydrogen) atoms. The average molecular weight is 278 g/mol. The lowest BCUT2D eigenvalue weighted by molar-refractivity contribution is 0.541. The number of nitrogens with zero attached hydrogens (tertiary/aromatic N) is 3. The maximum absolute atomic E-state index is 12.1. The second kappa shape index (κ2) is 4.82. The molecule has 1 unspecified atom stereocenters. The summed E-state index contributed by atoms with van der Waals surface area (Å²) in [6, 6.07) is 3.34. The van der Waals surface area contributed by atoms with Gasteiger partial charge in [-0.1, -0.05) is 0 Å². The Labute approximate surface area is 112 Å². The van der Waals surface area contributed by atoms with Crippen LogP contribution in [0.5, 0.6) is 0 Å². The van der Waals surface area contributed by atoms with E-state index in [2.05, 4.69) is 15.3 Å². The highest BCUT2D eigenvalue weighted by Gasteiger charge is 2.20. The van der Waals surface area contributed by atoms with E-state index in [4.69, 9.17) is 0 Å². The Hall–Kier alpha value is -1.60. The second-order valence-corrected chi connectivity index (χ2v) is 5.85. The van der Waals surface area contributed by atoms with Crippen molar-refractivity contribution in [2.24, 2.45) is 0 Å². The third kappa shape index (κ3) is 2.19. The monoisotopic (exact) mass is 278 g/mol. The van der Waals surface area contributed by atoms with Gasteiger partial charge in [0.2, 0.25) is 5.16 Å². The van der Waals surface area contributed by atoms with Gasteiger partial charge in [0, 0.05) is 30.4 Å². The van der Waals surface area contributed by atoms with Gasteiger partial charge in [-0.2, -0.15) is 0 Å². The molecule has 3 rings (SSSR count). The minimum absolute atomic E-state index is 0.0762. The molecular weight excluding hydrogens is 264 g/mol. The Bertz CT molecular complexity index is 706. The molecule has 1 saturated heterocycles. The summed E-state index contributed by atoms with van der Waals surface area (Å²) in [5.41, 5.74) is 0.495. The first-order chi connectivity index (χ1) is 9.16. The molecule has 0 saturated carbocycles. The summed E-state index contributed by atoms with van der Waals surface area (Å²) in [5, 5.41) is 4.29. The molecule has 1 fully saturated rings. The van der Waals surface area contributed by atoms with E-state index in [0.29, 0.717) is 5.65 Å². The summed E-state index contributed by atoms with van der Waals surface area (Å²) in [7, 11) is -1.25. The van der Waals surface area contributed by atoms with Crippen LogP contribution in [0.2, 0.25) is 0 Å². The molecule has 0 radical (unpaired) electrons. The predicted octanol–water partition coefficient (Wildman–Crippen LogP) is 0.0633. The van der Waals surface area contributed by atoms with Gasteiger partial charge < -0.3 is 5.32 Å². The van der Waals surface area contributed by atoms with Crippen molar-refractivity contribution >= 4 is 21.8 Å². The van der Waals surface area contributed by atoms with E-state index in [-0.39, 0.29) is 16.8 Å². The number of nitrogens with one attached hydrogen (secondary N) is 1. The summed E-state index contributed by atoms with van der Waals surface area (Å²) < 4.78 is 13.2. The molecule has 7 heteroatoms. The third-order valence-electron chi connectivity index (χ3n) is 3.30. The van der Waals surface area contributed by atoms with Crippen LogP contribution < -0.4 is 10.9 Å². The first kappa shape index (κ1) is 12.4. The van der Waals surface area contributed by atoms with Crippen LogP contribution in [-0.4, -0.2) is 38.1 Å². The quantitative estimate of drug-likeness (QED) is 0.786. The zero-order valence-electron chi connectivity index (χ0n) is 10.5. The van der Waals surface area contributed by atoms with E-state index in [0.717, 1.165) is 24.9 Å². The van der Waals surface area contributed by atoms with Gasteiger partial charge in [0.05, 0.1) is 16.8 Å². The number of pyridine rings is 1. The Balaban J connectivity index is 2.27. The second-order valence-electron chi connectivity index (χ2n) is 4.57. The van der Waals surface area contributed by atoms with Crippen molar-refractivity contribution < 1.29 is 4.21 Å². The molecular formula is C12H14N4O2S. The summed E-state index contributed by atoms with van der Waals surface area (Å²) >= 11 is 0. The topological polar surface area (TPSA) is 76.9 Å². The number of fused-ring (bicyclic) bond motifs is 1. The van der Waals surface area contributed by atoms with Gasteiger partial charge in [-0.05, 0) is 19.0 Å². The van der Waals surface area contributed by atoms with Crippen LogP contribution in [0.15, 0.2) is 28.3 Å². The van der Waals surface area contributed by atoms with Crippen molar-refractivity contribution in [3.8, 4) is 0 Å². The van der Waals surface area contributed by atoms with Crippen LogP contribution in [-0.2, 0) is 10.8 Å². The number of hydrogen-bond acceptors (Lipinski definition) is 5. The Morgan fingerprint density at radius 1 is 1.47 bits per heavy atom. The Morgan fingerprint density at radius 3 is 3.00 bits per heavy atom. The van der Waals surface area contributed by atoms with E-state index in [1.165, 1.54) is 12.3 Å². The van der Waals surface area contributed by atoms with Crippen LogP contribution >= 0.6 is 0 Å². The van der Waals surface area contributed by atoms with Crippen LogP contribution in [0.1, 0.15) is 12.5 Å². The molecule has 0 aliphatic carbocycles. The molecule has 0 bridgehead atoms. The SMILES string of the molecule is CS(=O)c1ncc2ccc(=O)n([C@@H]3CCNC3)c2n1. The Kier molecular flexibility index (Phi) is 3.16. The fourth-order valence-electron chi connectivity index (χ4n) is 2.37. The lowest BCUT2D eigenvalue weighted by Crippen LogP contribution is -2.26. The van der Waals surface area contributed by atoms with Gasteiger partial charge in [-0.25, -0.2) is 9.97 Å². The largest absolute Gasteiger partial charge is 0.315 e. The van der Waals surface area contributed by atoms with Crippen LogP contribution in [0.3, 0.4) is 0 Å². The zero-order valence-corrected chi connectivity index (χ0v) is 11.3. The van der Waals surface area contributed by atoms with Crippen molar-refractivity contribution in [3.63, 3.8) is 0 Å². The van der Waals surface area contributed by atoms with Crippen LogP contribution in [0, 0.1) is 0 Å². The van der Waals surface area contributed by atoms with Gasteiger partial charge in [-0.15, -0.1) is 0 Å².